The zero-order valence-corrected chi connectivity index (χ0v) is 10.8. The van der Waals surface area contributed by atoms with Crippen LogP contribution >= 0.6 is 23.7 Å². The maximum absolute atomic E-state index is 11.8. The lowest BCUT2D eigenvalue weighted by Gasteiger charge is -2.23. The molecule has 0 aromatic carbocycles. The van der Waals surface area contributed by atoms with E-state index < -0.39 is 0 Å². The van der Waals surface area contributed by atoms with Crippen molar-refractivity contribution in [1.29, 1.82) is 0 Å². The molecule has 0 unspecified atom stereocenters. The first-order chi connectivity index (χ1) is 7.25. The molecule has 1 aliphatic rings. The molecular formula is C10H16ClN3OS. The van der Waals surface area contributed by atoms with Crippen LogP contribution in [0.3, 0.4) is 0 Å². The Balaban J connectivity index is 0.00000128. The van der Waals surface area contributed by atoms with Crippen LogP contribution in [0.4, 0.5) is 0 Å². The van der Waals surface area contributed by atoms with E-state index in [1.165, 1.54) is 11.3 Å². The van der Waals surface area contributed by atoms with Gasteiger partial charge in [-0.05, 0) is 32.9 Å². The van der Waals surface area contributed by atoms with E-state index in [1.807, 2.05) is 6.92 Å². The first-order valence-corrected chi connectivity index (χ1v) is 6.01. The Morgan fingerprint density at radius 2 is 2.25 bits per heavy atom. The zero-order chi connectivity index (χ0) is 10.7. The Bertz CT molecular complexity index is 350. The van der Waals surface area contributed by atoms with Gasteiger partial charge in [0, 0.05) is 6.04 Å². The summed E-state index contributed by atoms with van der Waals surface area (Å²) in [6, 6.07) is 0.321. The Morgan fingerprint density at radius 3 is 2.81 bits per heavy atom. The van der Waals surface area contributed by atoms with Crippen LogP contribution in [-0.2, 0) is 0 Å². The summed E-state index contributed by atoms with van der Waals surface area (Å²) in [6.45, 7) is 3.89. The van der Waals surface area contributed by atoms with Gasteiger partial charge in [-0.25, -0.2) is 4.98 Å². The third-order valence-electron chi connectivity index (χ3n) is 2.52. The lowest BCUT2D eigenvalue weighted by molar-refractivity contribution is 0.0933. The Hall–Kier alpha value is -0.650. The molecule has 90 valence electrons. The van der Waals surface area contributed by atoms with Crippen LogP contribution in [0.15, 0.2) is 6.20 Å². The minimum Gasteiger partial charge on any atom is -0.348 e. The minimum absolute atomic E-state index is 0. The molecule has 1 saturated heterocycles. The van der Waals surface area contributed by atoms with Crippen molar-refractivity contribution in [3.63, 3.8) is 0 Å². The van der Waals surface area contributed by atoms with Gasteiger partial charge in [0.1, 0.15) is 4.88 Å². The number of piperidine rings is 1. The van der Waals surface area contributed by atoms with Crippen LogP contribution in [0.5, 0.6) is 0 Å². The van der Waals surface area contributed by atoms with Crippen molar-refractivity contribution in [3.05, 3.63) is 16.1 Å². The second-order valence-corrected chi connectivity index (χ2v) is 4.98. The van der Waals surface area contributed by atoms with Gasteiger partial charge in [0.2, 0.25) is 0 Å². The summed E-state index contributed by atoms with van der Waals surface area (Å²) < 4.78 is 0. The SMILES string of the molecule is Cc1ncc(C(=O)NC2CCNCC2)s1.Cl. The molecule has 1 amide bonds. The fraction of sp³-hybridized carbons (Fsp3) is 0.600. The first kappa shape index (κ1) is 13.4. The van der Waals surface area contributed by atoms with Crippen molar-refractivity contribution in [2.24, 2.45) is 0 Å². The molecule has 0 bridgehead atoms. The molecule has 0 saturated carbocycles. The topological polar surface area (TPSA) is 54.0 Å². The van der Waals surface area contributed by atoms with Crippen LogP contribution in [0, 0.1) is 6.92 Å². The standard InChI is InChI=1S/C10H15N3OS.ClH/c1-7-12-6-9(15-7)10(14)13-8-2-4-11-5-3-8;/h6,8,11H,2-5H2,1H3,(H,13,14);1H. The molecule has 1 aromatic rings. The maximum Gasteiger partial charge on any atom is 0.263 e. The number of hydrogen-bond donors (Lipinski definition) is 2. The van der Waals surface area contributed by atoms with Crippen LogP contribution in [0.2, 0.25) is 0 Å². The molecule has 2 heterocycles. The normalized spacial score (nSPS) is 16.6. The van der Waals surface area contributed by atoms with E-state index in [9.17, 15) is 4.79 Å². The van der Waals surface area contributed by atoms with Crippen LogP contribution < -0.4 is 10.6 Å². The molecule has 2 N–H and O–H groups in total. The fourth-order valence-corrected chi connectivity index (χ4v) is 2.37. The van der Waals surface area contributed by atoms with Crippen molar-refractivity contribution in [1.82, 2.24) is 15.6 Å². The number of aryl methyl sites for hydroxylation is 1. The Kier molecular flexibility index (Phi) is 5.18. The second kappa shape index (κ2) is 6.18. The average molecular weight is 262 g/mol. The highest BCUT2D eigenvalue weighted by Crippen LogP contribution is 2.12. The number of nitrogens with zero attached hydrogens (tertiary/aromatic N) is 1. The number of carbonyl (C=O) groups excluding carboxylic acids is 1. The van der Waals surface area contributed by atoms with E-state index in [4.69, 9.17) is 0 Å². The fourth-order valence-electron chi connectivity index (χ4n) is 1.69. The highest BCUT2D eigenvalue weighted by atomic mass is 35.5. The average Bonchev–Trinajstić information content (AvgIpc) is 2.66. The van der Waals surface area contributed by atoms with E-state index >= 15 is 0 Å². The maximum atomic E-state index is 11.8. The van der Waals surface area contributed by atoms with Crippen molar-refractivity contribution in [2.45, 2.75) is 25.8 Å². The Morgan fingerprint density at radius 1 is 1.56 bits per heavy atom. The van der Waals surface area contributed by atoms with Crippen LogP contribution in [-0.4, -0.2) is 30.0 Å². The van der Waals surface area contributed by atoms with Gasteiger partial charge in [-0.15, -0.1) is 23.7 Å². The molecule has 0 atom stereocenters. The number of hydrogen-bond acceptors (Lipinski definition) is 4. The van der Waals surface area contributed by atoms with E-state index in [1.54, 1.807) is 6.20 Å². The molecule has 4 nitrogen and oxygen atoms in total. The van der Waals surface area contributed by atoms with Gasteiger partial charge in [0.25, 0.3) is 5.91 Å². The van der Waals surface area contributed by atoms with E-state index in [0.717, 1.165) is 30.9 Å². The number of thiazole rings is 1. The first-order valence-electron chi connectivity index (χ1n) is 5.20. The minimum atomic E-state index is 0. The summed E-state index contributed by atoms with van der Waals surface area (Å²) in [5.41, 5.74) is 0. The molecular weight excluding hydrogens is 246 g/mol. The van der Waals surface area contributed by atoms with Crippen molar-refractivity contribution < 1.29 is 4.79 Å². The monoisotopic (exact) mass is 261 g/mol. The van der Waals surface area contributed by atoms with Gasteiger partial charge < -0.3 is 10.6 Å². The summed E-state index contributed by atoms with van der Waals surface area (Å²) in [4.78, 5) is 16.6. The summed E-state index contributed by atoms with van der Waals surface area (Å²) in [6.07, 6.45) is 3.68. The molecule has 1 fully saturated rings. The predicted molar refractivity (Wildman–Crippen MR) is 67.5 cm³/mol. The van der Waals surface area contributed by atoms with Gasteiger partial charge in [0.15, 0.2) is 0 Å². The Labute approximate surface area is 105 Å². The van der Waals surface area contributed by atoms with Gasteiger partial charge in [-0.1, -0.05) is 0 Å². The second-order valence-electron chi connectivity index (χ2n) is 3.74. The van der Waals surface area contributed by atoms with E-state index in [2.05, 4.69) is 15.6 Å². The third-order valence-corrected chi connectivity index (χ3v) is 3.43. The highest BCUT2D eigenvalue weighted by molar-refractivity contribution is 7.13. The molecule has 2 rings (SSSR count). The summed E-state index contributed by atoms with van der Waals surface area (Å²) in [5, 5.41) is 7.25. The van der Waals surface area contributed by atoms with Gasteiger partial charge in [0.05, 0.1) is 11.2 Å². The number of halogens is 1. The van der Waals surface area contributed by atoms with Crippen molar-refractivity contribution in [3.8, 4) is 0 Å². The van der Waals surface area contributed by atoms with E-state index in [0.29, 0.717) is 10.9 Å². The smallest absolute Gasteiger partial charge is 0.263 e. The quantitative estimate of drug-likeness (QED) is 0.845. The summed E-state index contributed by atoms with van der Waals surface area (Å²) in [7, 11) is 0. The predicted octanol–water partition coefficient (Wildman–Crippen LogP) is 1.36. The molecule has 1 aliphatic heterocycles. The van der Waals surface area contributed by atoms with Gasteiger partial charge in [-0.3, -0.25) is 4.79 Å². The number of nitrogens with one attached hydrogen (secondary N) is 2. The number of carbonyl (C=O) groups is 1. The number of amides is 1. The summed E-state index contributed by atoms with van der Waals surface area (Å²) in [5.74, 6) is 0.0208. The molecule has 1 aromatic heterocycles. The summed E-state index contributed by atoms with van der Waals surface area (Å²) >= 11 is 1.45. The van der Waals surface area contributed by atoms with E-state index in [-0.39, 0.29) is 18.3 Å². The number of aromatic nitrogens is 1. The number of rotatable bonds is 2. The third kappa shape index (κ3) is 3.43. The van der Waals surface area contributed by atoms with Gasteiger partial charge in [-0.2, -0.15) is 0 Å². The van der Waals surface area contributed by atoms with Gasteiger partial charge >= 0.3 is 0 Å². The van der Waals surface area contributed by atoms with Crippen LogP contribution in [0.25, 0.3) is 0 Å². The lowest BCUT2D eigenvalue weighted by atomic mass is 10.1. The molecule has 0 radical (unpaired) electrons. The molecule has 6 heteroatoms. The molecule has 0 aliphatic carbocycles. The van der Waals surface area contributed by atoms with Crippen molar-refractivity contribution in [2.75, 3.05) is 13.1 Å². The molecule has 0 spiro atoms. The lowest BCUT2D eigenvalue weighted by Crippen LogP contribution is -2.42. The molecule has 16 heavy (non-hydrogen) atoms. The van der Waals surface area contributed by atoms with Crippen molar-refractivity contribution >= 4 is 29.7 Å². The largest absolute Gasteiger partial charge is 0.348 e. The highest BCUT2D eigenvalue weighted by Gasteiger charge is 2.17. The zero-order valence-electron chi connectivity index (χ0n) is 9.16. The van der Waals surface area contributed by atoms with Crippen LogP contribution in [0.1, 0.15) is 27.5 Å².